The van der Waals surface area contributed by atoms with Gasteiger partial charge in [0, 0.05) is 29.9 Å². The number of nitrogens with zero attached hydrogens (tertiary/aromatic N) is 2. The molecule has 0 atom stereocenters. The Hall–Kier alpha value is -3.67. The fourth-order valence-electron chi connectivity index (χ4n) is 2.66. The van der Waals surface area contributed by atoms with Crippen LogP contribution in [0.3, 0.4) is 0 Å². The van der Waals surface area contributed by atoms with Crippen LogP contribution >= 0.6 is 0 Å². The summed E-state index contributed by atoms with van der Waals surface area (Å²) >= 11 is 0. The molecule has 0 unspecified atom stereocenters. The average Bonchev–Trinajstić information content (AvgIpc) is 3.16. The molecule has 0 aliphatic rings. The topological polar surface area (TPSA) is 90.0 Å². The molecule has 0 saturated heterocycles. The van der Waals surface area contributed by atoms with Crippen LogP contribution in [0, 0.1) is 5.41 Å². The number of amides is 2. The molecule has 6 nitrogen and oxygen atoms in total. The van der Waals surface area contributed by atoms with Gasteiger partial charge in [-0.15, -0.1) is 0 Å². The maximum Gasteiger partial charge on any atom is 0.244 e. The number of hydrogen-bond acceptors (Lipinski definition) is 3. The van der Waals surface area contributed by atoms with E-state index in [2.05, 4.69) is 5.32 Å². The predicted octanol–water partition coefficient (Wildman–Crippen LogP) is 3.18. The van der Waals surface area contributed by atoms with E-state index >= 15 is 0 Å². The van der Waals surface area contributed by atoms with E-state index in [9.17, 15) is 9.59 Å². The minimum Gasteiger partial charge on any atom is -0.369 e. The van der Waals surface area contributed by atoms with Gasteiger partial charge in [0.1, 0.15) is 0 Å². The minimum absolute atomic E-state index is 0.167. The van der Waals surface area contributed by atoms with E-state index < -0.39 is 11.3 Å². The third-order valence-electron chi connectivity index (χ3n) is 4.60. The molecule has 0 aliphatic heterocycles. The molecule has 3 aromatic rings. The Morgan fingerprint density at radius 3 is 2.31 bits per heavy atom. The van der Waals surface area contributed by atoms with Gasteiger partial charge in [-0.25, -0.2) is 4.68 Å². The van der Waals surface area contributed by atoms with Crippen LogP contribution in [0.15, 0.2) is 72.9 Å². The van der Waals surface area contributed by atoms with Crippen LogP contribution in [-0.4, -0.2) is 28.1 Å². The summed E-state index contributed by atoms with van der Waals surface area (Å²) in [6.45, 7) is 3.55. The van der Waals surface area contributed by atoms with Crippen molar-refractivity contribution in [2.45, 2.75) is 13.8 Å². The highest BCUT2D eigenvalue weighted by atomic mass is 16.2. The molecule has 29 heavy (non-hydrogen) atoms. The van der Waals surface area contributed by atoms with Crippen LogP contribution < -0.4 is 11.1 Å². The van der Waals surface area contributed by atoms with E-state index in [4.69, 9.17) is 10.8 Å². The van der Waals surface area contributed by atoms with Crippen molar-refractivity contribution >= 4 is 17.9 Å². The van der Waals surface area contributed by atoms with E-state index in [0.717, 1.165) is 22.5 Å². The highest BCUT2D eigenvalue weighted by molar-refractivity contribution is 5.93. The van der Waals surface area contributed by atoms with E-state index in [-0.39, 0.29) is 12.5 Å². The third kappa shape index (κ3) is 4.99. The first-order valence-corrected chi connectivity index (χ1v) is 9.33. The second-order valence-electron chi connectivity index (χ2n) is 7.38. The Balaban J connectivity index is 1.86. The van der Waals surface area contributed by atoms with E-state index in [1.165, 1.54) is 6.08 Å². The number of nitrogens with one attached hydrogen (secondary N) is 1. The molecule has 0 bridgehead atoms. The number of rotatable bonds is 7. The highest BCUT2D eigenvalue weighted by Crippen LogP contribution is 2.24. The molecule has 6 heteroatoms. The van der Waals surface area contributed by atoms with Crippen LogP contribution in [0.2, 0.25) is 0 Å². The normalized spacial score (nSPS) is 11.5. The summed E-state index contributed by atoms with van der Waals surface area (Å²) in [6, 6.07) is 19.6. The number of nitrogens with two attached hydrogens (primary N) is 1. The van der Waals surface area contributed by atoms with Crippen molar-refractivity contribution in [3.05, 3.63) is 78.5 Å². The molecule has 2 amide bonds. The summed E-state index contributed by atoms with van der Waals surface area (Å²) < 4.78 is 1.79. The van der Waals surface area contributed by atoms with Crippen molar-refractivity contribution in [1.82, 2.24) is 15.1 Å². The molecule has 0 radical (unpaired) electrons. The predicted molar refractivity (Wildman–Crippen MR) is 114 cm³/mol. The zero-order valence-corrected chi connectivity index (χ0v) is 16.5. The molecular formula is C23H24N4O2. The summed E-state index contributed by atoms with van der Waals surface area (Å²) in [5.41, 5.74) is 8.00. The fourth-order valence-corrected chi connectivity index (χ4v) is 2.66. The van der Waals surface area contributed by atoms with Gasteiger partial charge in [-0.3, -0.25) is 9.59 Å². The van der Waals surface area contributed by atoms with E-state index in [1.54, 1.807) is 24.6 Å². The molecule has 3 N–H and O–H groups in total. The largest absolute Gasteiger partial charge is 0.369 e. The lowest BCUT2D eigenvalue weighted by atomic mass is 9.93. The first-order valence-electron chi connectivity index (χ1n) is 9.33. The first kappa shape index (κ1) is 20.1. The zero-order chi connectivity index (χ0) is 20.9. The quantitative estimate of drug-likeness (QED) is 0.609. The van der Waals surface area contributed by atoms with Gasteiger partial charge in [0.15, 0.2) is 0 Å². The molecule has 1 aromatic heterocycles. The maximum atomic E-state index is 12.2. The monoisotopic (exact) mass is 388 g/mol. The third-order valence-corrected chi connectivity index (χ3v) is 4.60. The van der Waals surface area contributed by atoms with Gasteiger partial charge in [0.25, 0.3) is 0 Å². The van der Waals surface area contributed by atoms with Gasteiger partial charge < -0.3 is 11.1 Å². The molecule has 0 aliphatic carbocycles. The van der Waals surface area contributed by atoms with Crippen molar-refractivity contribution in [1.29, 1.82) is 0 Å². The van der Waals surface area contributed by atoms with E-state index in [0.29, 0.717) is 0 Å². The minimum atomic E-state index is -0.809. The van der Waals surface area contributed by atoms with Crippen LogP contribution in [0.4, 0.5) is 0 Å². The van der Waals surface area contributed by atoms with Crippen LogP contribution in [0.1, 0.15) is 19.4 Å². The zero-order valence-electron chi connectivity index (χ0n) is 16.5. The molecule has 0 saturated carbocycles. The smallest absolute Gasteiger partial charge is 0.244 e. The van der Waals surface area contributed by atoms with Gasteiger partial charge in [-0.05, 0) is 32.1 Å². The van der Waals surface area contributed by atoms with Crippen molar-refractivity contribution < 1.29 is 9.59 Å². The molecule has 0 spiro atoms. The van der Waals surface area contributed by atoms with Crippen LogP contribution in [0.5, 0.6) is 0 Å². The first-order chi connectivity index (χ1) is 13.9. The maximum absolute atomic E-state index is 12.2. The average molecular weight is 388 g/mol. The van der Waals surface area contributed by atoms with Gasteiger partial charge in [0.05, 0.1) is 16.8 Å². The molecule has 0 fully saturated rings. The van der Waals surface area contributed by atoms with Crippen molar-refractivity contribution in [3.8, 4) is 16.9 Å². The number of carbonyl (C=O) groups excluding carboxylic acids is 2. The molecule has 148 valence electrons. The fraction of sp³-hybridized carbons (Fsp3) is 0.174. The lowest BCUT2D eigenvalue weighted by Crippen LogP contribution is -2.41. The van der Waals surface area contributed by atoms with Gasteiger partial charge in [0.2, 0.25) is 11.8 Å². The Morgan fingerprint density at radius 1 is 1.07 bits per heavy atom. The Labute approximate surface area is 170 Å². The van der Waals surface area contributed by atoms with Gasteiger partial charge >= 0.3 is 0 Å². The SMILES string of the molecule is CC(C)(CNC(=O)/C=C/c1cn(-c2ccccc2)nc1-c1ccccc1)C(N)=O. The number of carbonyl (C=O) groups is 2. The number of para-hydroxylation sites is 1. The number of primary amides is 1. The summed E-state index contributed by atoms with van der Waals surface area (Å²) in [7, 11) is 0. The second kappa shape index (κ2) is 8.56. The molecule has 2 aromatic carbocycles. The molecule has 3 rings (SSSR count). The summed E-state index contributed by atoms with van der Waals surface area (Å²) in [5.74, 6) is -0.761. The number of aromatic nitrogens is 2. The Bertz CT molecular complexity index is 1020. The summed E-state index contributed by atoms with van der Waals surface area (Å²) in [4.78, 5) is 23.6. The lowest BCUT2D eigenvalue weighted by molar-refractivity contribution is -0.126. The standard InChI is InChI=1S/C23H24N4O2/c1-23(2,22(24)29)16-25-20(28)14-13-18-15-27(19-11-7-4-8-12-19)26-21(18)17-9-5-3-6-10-17/h3-15H,16H2,1-2H3,(H2,24,29)(H,25,28)/b14-13+. The highest BCUT2D eigenvalue weighted by Gasteiger charge is 2.25. The lowest BCUT2D eigenvalue weighted by Gasteiger charge is -2.19. The number of hydrogen-bond donors (Lipinski definition) is 2. The van der Waals surface area contributed by atoms with Crippen molar-refractivity contribution in [2.24, 2.45) is 11.1 Å². The summed E-state index contributed by atoms with van der Waals surface area (Å²) in [6.07, 6.45) is 5.05. The van der Waals surface area contributed by atoms with Crippen molar-refractivity contribution in [2.75, 3.05) is 6.54 Å². The number of benzene rings is 2. The molecular weight excluding hydrogens is 364 g/mol. The van der Waals surface area contributed by atoms with Gasteiger partial charge in [-0.1, -0.05) is 48.5 Å². The van der Waals surface area contributed by atoms with E-state index in [1.807, 2.05) is 66.9 Å². The summed E-state index contributed by atoms with van der Waals surface area (Å²) in [5, 5.41) is 7.43. The Kier molecular flexibility index (Phi) is 5.93. The Morgan fingerprint density at radius 2 is 1.69 bits per heavy atom. The van der Waals surface area contributed by atoms with Crippen LogP contribution in [-0.2, 0) is 9.59 Å². The van der Waals surface area contributed by atoms with Crippen LogP contribution in [0.25, 0.3) is 23.0 Å². The second-order valence-corrected chi connectivity index (χ2v) is 7.38. The molecule has 1 heterocycles. The van der Waals surface area contributed by atoms with Gasteiger partial charge in [-0.2, -0.15) is 5.10 Å². The van der Waals surface area contributed by atoms with Crippen molar-refractivity contribution in [3.63, 3.8) is 0 Å².